The molecule has 12 heteroatoms. The fourth-order valence-corrected chi connectivity index (χ4v) is 3.49. The van der Waals surface area contributed by atoms with Crippen molar-refractivity contribution in [1.29, 1.82) is 0 Å². The molecule has 0 bridgehead atoms. The van der Waals surface area contributed by atoms with Gasteiger partial charge in [-0.2, -0.15) is 0 Å². The van der Waals surface area contributed by atoms with E-state index in [9.17, 15) is 19.2 Å². The maximum absolute atomic E-state index is 12.2. The number of Topliss-reactive ketones (excluding diaryl/α,β-unsaturated/α-hetero) is 2. The van der Waals surface area contributed by atoms with Crippen LogP contribution in [0.5, 0.6) is 0 Å². The zero-order valence-electron chi connectivity index (χ0n) is 22.5. The summed E-state index contributed by atoms with van der Waals surface area (Å²) < 4.78 is 21.0. The highest BCUT2D eigenvalue weighted by Gasteiger charge is 2.19. The van der Waals surface area contributed by atoms with Crippen molar-refractivity contribution < 1.29 is 38.1 Å². The number of unbranched alkanes of at least 4 members (excludes halogenated alkanes) is 1. The van der Waals surface area contributed by atoms with Crippen LogP contribution in [0.4, 0.5) is 0 Å². The third-order valence-corrected chi connectivity index (χ3v) is 5.59. The fraction of sp³-hybridized carbons (Fsp3) is 0.731. The lowest BCUT2D eigenvalue weighted by Crippen LogP contribution is -2.29. The molecule has 0 aliphatic carbocycles. The number of nitrogens with one attached hydrogen (secondary N) is 2. The van der Waals surface area contributed by atoms with Gasteiger partial charge >= 0.3 is 0 Å². The molecule has 2 amide bonds. The molecule has 0 saturated carbocycles. The van der Waals surface area contributed by atoms with Gasteiger partial charge < -0.3 is 35.0 Å². The van der Waals surface area contributed by atoms with Crippen LogP contribution in [0.25, 0.3) is 0 Å². The Balaban J connectivity index is 1.96. The Morgan fingerprint density at radius 2 is 1.66 bits per heavy atom. The molecule has 0 unspecified atom stereocenters. The number of H-pyrrole nitrogens is 1. The highest BCUT2D eigenvalue weighted by Crippen LogP contribution is 2.14. The predicted octanol–water partition coefficient (Wildman–Crippen LogP) is 1.13. The Hall–Kier alpha value is -2.67. The zero-order chi connectivity index (χ0) is 27.8. The number of nitrogens with zero attached hydrogens (tertiary/aromatic N) is 1. The zero-order valence-corrected chi connectivity index (χ0v) is 22.5. The second-order valence-electron chi connectivity index (χ2n) is 8.82. The molecule has 0 aliphatic rings. The van der Waals surface area contributed by atoms with Crippen LogP contribution >= 0.6 is 0 Å². The van der Waals surface area contributed by atoms with Gasteiger partial charge in [-0.25, -0.2) is 4.98 Å². The van der Waals surface area contributed by atoms with Gasteiger partial charge in [0.05, 0.1) is 32.8 Å². The van der Waals surface area contributed by atoms with Crippen molar-refractivity contribution in [3.63, 3.8) is 0 Å². The molecule has 1 atom stereocenters. The number of aryl methyl sites for hydroxylation is 1. The van der Waals surface area contributed by atoms with Crippen LogP contribution in [-0.2, 0) is 44.5 Å². The van der Waals surface area contributed by atoms with E-state index in [1.54, 1.807) is 12.5 Å². The van der Waals surface area contributed by atoms with Crippen LogP contribution < -0.4 is 11.1 Å². The lowest BCUT2D eigenvalue weighted by Gasteiger charge is -2.12. The van der Waals surface area contributed by atoms with Crippen LogP contribution in [0.2, 0.25) is 0 Å². The van der Waals surface area contributed by atoms with E-state index in [0.717, 1.165) is 5.69 Å². The summed E-state index contributed by atoms with van der Waals surface area (Å²) in [5.74, 6) is -1.20. The first kappa shape index (κ1) is 33.4. The second-order valence-corrected chi connectivity index (χ2v) is 8.82. The minimum atomic E-state index is -0.500. The molecule has 1 heterocycles. The Bertz CT molecular complexity index is 788. The molecule has 0 radical (unpaired) electrons. The number of ether oxygens (including phenoxy) is 4. The maximum Gasteiger partial charge on any atom is 0.245 e. The lowest BCUT2D eigenvalue weighted by molar-refractivity contribution is -0.127. The van der Waals surface area contributed by atoms with Crippen molar-refractivity contribution in [1.82, 2.24) is 15.3 Å². The number of rotatable bonds is 26. The molecule has 0 fully saturated rings. The Labute approximate surface area is 224 Å². The van der Waals surface area contributed by atoms with Crippen molar-refractivity contribution >= 4 is 23.4 Å². The van der Waals surface area contributed by atoms with Crippen LogP contribution in [0.15, 0.2) is 12.5 Å². The third-order valence-electron chi connectivity index (χ3n) is 5.59. The number of primary amides is 1. The summed E-state index contributed by atoms with van der Waals surface area (Å²) >= 11 is 0. The minimum Gasteiger partial charge on any atom is -0.379 e. The van der Waals surface area contributed by atoms with Crippen molar-refractivity contribution in [3.05, 3.63) is 18.2 Å². The number of nitrogens with two attached hydrogens (primary N) is 1. The molecule has 0 saturated heterocycles. The van der Waals surface area contributed by atoms with Crippen molar-refractivity contribution in [3.8, 4) is 0 Å². The summed E-state index contributed by atoms with van der Waals surface area (Å²) in [6.07, 6.45) is 7.07. The number of amides is 2. The Kier molecular flexibility index (Phi) is 19.6. The van der Waals surface area contributed by atoms with E-state index in [1.165, 1.54) is 0 Å². The molecule has 1 aromatic rings. The molecular weight excluding hydrogens is 496 g/mol. The third kappa shape index (κ3) is 18.6. The van der Waals surface area contributed by atoms with Gasteiger partial charge in [-0.05, 0) is 32.6 Å². The number of hydrogen-bond donors (Lipinski definition) is 3. The number of carbonyl (C=O) groups is 4. The second kappa shape index (κ2) is 22.3. The Morgan fingerprint density at radius 1 is 0.921 bits per heavy atom. The molecule has 1 aromatic heterocycles. The molecular formula is C26H44N4O8. The van der Waals surface area contributed by atoms with Gasteiger partial charge in [0, 0.05) is 56.8 Å². The quantitative estimate of drug-likeness (QED) is 0.146. The van der Waals surface area contributed by atoms with Gasteiger partial charge in [-0.1, -0.05) is 6.42 Å². The number of carbonyl (C=O) groups excluding carboxylic acids is 4. The molecule has 1 rings (SSSR count). The van der Waals surface area contributed by atoms with Gasteiger partial charge in [0.1, 0.15) is 19.0 Å². The van der Waals surface area contributed by atoms with Gasteiger partial charge in [0.2, 0.25) is 11.8 Å². The van der Waals surface area contributed by atoms with E-state index in [-0.39, 0.29) is 43.7 Å². The average molecular weight is 541 g/mol. The van der Waals surface area contributed by atoms with Gasteiger partial charge in [-0.15, -0.1) is 0 Å². The van der Waals surface area contributed by atoms with Gasteiger partial charge in [0.25, 0.3) is 0 Å². The Morgan fingerprint density at radius 3 is 2.37 bits per heavy atom. The number of ketones is 2. The van der Waals surface area contributed by atoms with Crippen LogP contribution in [-0.4, -0.2) is 92.7 Å². The SMILES string of the molecule is CCOCCOCC(=O)CCCOCCOCC(=O)NCCCC[C@H](CC(=O)CCc1cnc[nH]1)C(N)=O. The summed E-state index contributed by atoms with van der Waals surface area (Å²) in [6.45, 7) is 4.93. The summed E-state index contributed by atoms with van der Waals surface area (Å²) in [5.41, 5.74) is 6.34. The molecule has 12 nitrogen and oxygen atoms in total. The molecule has 0 spiro atoms. The van der Waals surface area contributed by atoms with E-state index in [2.05, 4.69) is 15.3 Å². The largest absolute Gasteiger partial charge is 0.379 e. The predicted molar refractivity (Wildman–Crippen MR) is 139 cm³/mol. The van der Waals surface area contributed by atoms with E-state index >= 15 is 0 Å². The molecule has 38 heavy (non-hydrogen) atoms. The van der Waals surface area contributed by atoms with Crippen molar-refractivity contribution in [2.24, 2.45) is 11.7 Å². The highest BCUT2D eigenvalue weighted by atomic mass is 16.5. The first-order chi connectivity index (χ1) is 18.4. The summed E-state index contributed by atoms with van der Waals surface area (Å²) in [5, 5.41) is 2.76. The van der Waals surface area contributed by atoms with Crippen LogP contribution in [0.1, 0.15) is 57.6 Å². The molecule has 0 aromatic carbocycles. The van der Waals surface area contributed by atoms with Crippen molar-refractivity contribution in [2.45, 2.75) is 58.3 Å². The average Bonchev–Trinajstić information content (AvgIpc) is 3.41. The van der Waals surface area contributed by atoms with E-state index in [0.29, 0.717) is 84.5 Å². The molecule has 0 aliphatic heterocycles. The fourth-order valence-electron chi connectivity index (χ4n) is 3.49. The van der Waals surface area contributed by atoms with Gasteiger partial charge in [0.15, 0.2) is 5.78 Å². The van der Waals surface area contributed by atoms with Crippen LogP contribution in [0, 0.1) is 5.92 Å². The van der Waals surface area contributed by atoms with Crippen LogP contribution in [0.3, 0.4) is 0 Å². The normalized spacial score (nSPS) is 11.8. The number of imidazole rings is 1. The van der Waals surface area contributed by atoms with E-state index < -0.39 is 11.8 Å². The smallest absolute Gasteiger partial charge is 0.245 e. The standard InChI is InChI=1S/C26H44N4O8/c1-2-35-12-14-37-18-24(32)7-5-11-36-13-15-38-19-25(33)29-10-4-3-6-21(26(27)34)16-23(31)9-8-22-17-28-20-30-22/h17,20-21H,2-16,18-19H2,1H3,(H2,27,34)(H,28,30)(H,29,33)/t21-/m1/s1. The summed E-state index contributed by atoms with van der Waals surface area (Å²) in [6, 6.07) is 0. The molecule has 4 N–H and O–H groups in total. The van der Waals surface area contributed by atoms with Crippen molar-refractivity contribution in [2.75, 3.05) is 59.4 Å². The van der Waals surface area contributed by atoms with E-state index in [1.807, 2.05) is 6.92 Å². The van der Waals surface area contributed by atoms with E-state index in [4.69, 9.17) is 24.7 Å². The molecule has 216 valence electrons. The summed E-state index contributed by atoms with van der Waals surface area (Å²) in [7, 11) is 0. The first-order valence-corrected chi connectivity index (χ1v) is 13.3. The first-order valence-electron chi connectivity index (χ1n) is 13.3. The highest BCUT2D eigenvalue weighted by molar-refractivity contribution is 5.86. The number of hydrogen-bond acceptors (Lipinski definition) is 9. The monoisotopic (exact) mass is 540 g/mol. The summed E-state index contributed by atoms with van der Waals surface area (Å²) in [4.78, 5) is 54.2. The van der Waals surface area contributed by atoms with Gasteiger partial charge in [-0.3, -0.25) is 19.2 Å². The number of aromatic nitrogens is 2. The number of aromatic amines is 1. The minimum absolute atomic E-state index is 0.00926. The topological polar surface area (TPSA) is 172 Å². The maximum atomic E-state index is 12.2. The lowest BCUT2D eigenvalue weighted by atomic mass is 9.94.